The van der Waals surface area contributed by atoms with E-state index in [-0.39, 0.29) is 11.4 Å². The van der Waals surface area contributed by atoms with E-state index in [0.29, 0.717) is 61.3 Å². The first-order valence-corrected chi connectivity index (χ1v) is 15.5. The molecule has 0 amide bonds. The van der Waals surface area contributed by atoms with Crippen molar-refractivity contribution in [2.75, 3.05) is 31.2 Å². The minimum atomic E-state index is -1.25. The quantitative estimate of drug-likeness (QED) is 0.320. The predicted molar refractivity (Wildman–Crippen MR) is 166 cm³/mol. The molecule has 3 aliphatic heterocycles. The van der Waals surface area contributed by atoms with Crippen molar-refractivity contribution >= 4 is 17.4 Å². The van der Waals surface area contributed by atoms with Crippen LogP contribution in [0.3, 0.4) is 0 Å². The summed E-state index contributed by atoms with van der Waals surface area (Å²) in [5.41, 5.74) is 2.13. The fourth-order valence-corrected chi connectivity index (χ4v) is 6.10. The average Bonchev–Trinajstić information content (AvgIpc) is 3.61. The number of aliphatic carboxylic acids is 1. The summed E-state index contributed by atoms with van der Waals surface area (Å²) in [4.78, 5) is 19.7. The molecular formula is C33H41FN6O5. The molecule has 4 aromatic rings. The van der Waals surface area contributed by atoms with E-state index in [0.717, 1.165) is 36.8 Å². The van der Waals surface area contributed by atoms with Crippen LogP contribution in [0.2, 0.25) is 0 Å². The maximum Gasteiger partial charge on any atom is 0.337 e. The maximum atomic E-state index is 14.8. The summed E-state index contributed by atoms with van der Waals surface area (Å²) in [6.45, 7) is 11.7. The third-order valence-electron chi connectivity index (χ3n) is 8.42. The van der Waals surface area contributed by atoms with Crippen LogP contribution in [0.15, 0.2) is 36.7 Å². The van der Waals surface area contributed by atoms with Crippen LogP contribution in [0, 0.1) is 12.7 Å². The normalized spacial score (nSPS) is 18.0. The molecule has 7 rings (SSSR count). The van der Waals surface area contributed by atoms with E-state index in [4.69, 9.17) is 24.3 Å². The maximum absolute atomic E-state index is 14.8. The molecule has 1 N–H and O–H groups in total. The van der Waals surface area contributed by atoms with Gasteiger partial charge in [-0.2, -0.15) is 9.61 Å². The van der Waals surface area contributed by atoms with Crippen molar-refractivity contribution < 1.29 is 28.5 Å². The number of aromatic nitrogens is 5. The fraction of sp³-hybridized carbons (Fsp3) is 0.515. The number of hydrogen-bond acceptors (Lipinski definition) is 8. The number of carboxylic acids is 1. The lowest BCUT2D eigenvalue weighted by atomic mass is 9.92. The van der Waals surface area contributed by atoms with Gasteiger partial charge < -0.3 is 24.2 Å². The smallest absolute Gasteiger partial charge is 0.337 e. The molecule has 3 aliphatic rings. The number of halogens is 1. The summed E-state index contributed by atoms with van der Waals surface area (Å²) in [5.74, 6) is -0.0594. The zero-order chi connectivity index (χ0) is 31.9. The van der Waals surface area contributed by atoms with Crippen LogP contribution < -0.4 is 9.64 Å². The highest BCUT2D eigenvalue weighted by atomic mass is 19.1. The zero-order valence-corrected chi connectivity index (χ0v) is 26.5. The van der Waals surface area contributed by atoms with Crippen molar-refractivity contribution in [2.24, 2.45) is 0 Å². The van der Waals surface area contributed by atoms with Gasteiger partial charge in [-0.15, -0.1) is 5.10 Å². The highest BCUT2D eigenvalue weighted by Crippen LogP contribution is 2.38. The van der Waals surface area contributed by atoms with E-state index in [1.165, 1.54) is 6.07 Å². The van der Waals surface area contributed by atoms with E-state index >= 15 is 0 Å². The number of carboxylic acid groups (broad SMARTS) is 1. The number of ether oxygens (including phenoxy) is 3. The first-order valence-electron chi connectivity index (χ1n) is 15.5. The summed E-state index contributed by atoms with van der Waals surface area (Å²) in [5, 5.41) is 19.9. The van der Waals surface area contributed by atoms with Crippen LogP contribution in [0.5, 0.6) is 5.75 Å². The number of aryl methyl sites for hydroxylation is 1. The lowest BCUT2D eigenvalue weighted by Crippen LogP contribution is -2.46. The molecule has 45 heavy (non-hydrogen) atoms. The van der Waals surface area contributed by atoms with E-state index in [9.17, 15) is 14.3 Å². The van der Waals surface area contributed by atoms with E-state index in [1.54, 1.807) is 21.5 Å². The van der Waals surface area contributed by atoms with Gasteiger partial charge in [0.05, 0.1) is 29.6 Å². The molecule has 6 heterocycles. The second-order valence-corrected chi connectivity index (χ2v) is 13.2. The third kappa shape index (κ3) is 6.53. The lowest BCUT2D eigenvalue weighted by Gasteiger charge is -2.41. The second-order valence-electron chi connectivity index (χ2n) is 13.2. The largest absolute Gasteiger partial charge is 0.490 e. The first-order chi connectivity index (χ1) is 21.4. The SMILES string of the molecule is Cc1nc2cc3nn2c(c1[C@H](OC(C)(C)C)C(=O)O)N1CCC(C)(CC1)OCCCCOc1c(F)cccc1Cc1cnn-3c1. The van der Waals surface area contributed by atoms with Crippen LogP contribution in [0.25, 0.3) is 11.5 Å². The van der Waals surface area contributed by atoms with Crippen molar-refractivity contribution in [3.8, 4) is 11.6 Å². The van der Waals surface area contributed by atoms with Crippen molar-refractivity contribution in [3.05, 3.63) is 64.9 Å². The Kier molecular flexibility index (Phi) is 8.30. The zero-order valence-electron chi connectivity index (χ0n) is 26.5. The molecule has 0 spiro atoms. The number of fused-ring (bicyclic) bond motifs is 7. The summed E-state index contributed by atoms with van der Waals surface area (Å²) in [6.07, 6.45) is 5.74. The fourth-order valence-electron chi connectivity index (χ4n) is 6.10. The van der Waals surface area contributed by atoms with Gasteiger partial charge in [0.2, 0.25) is 0 Å². The Morgan fingerprint density at radius 1 is 1.18 bits per heavy atom. The first kappa shape index (κ1) is 31.0. The van der Waals surface area contributed by atoms with Crippen LogP contribution >= 0.6 is 0 Å². The minimum Gasteiger partial charge on any atom is -0.490 e. The molecule has 0 aliphatic carbocycles. The molecule has 1 atom stereocenters. The number of carbonyl (C=O) groups is 1. The van der Waals surface area contributed by atoms with Gasteiger partial charge in [0, 0.05) is 49.6 Å². The summed E-state index contributed by atoms with van der Waals surface area (Å²) in [7, 11) is 0. The highest BCUT2D eigenvalue weighted by Gasteiger charge is 2.38. The van der Waals surface area contributed by atoms with Crippen molar-refractivity contribution in [1.82, 2.24) is 24.4 Å². The average molecular weight is 621 g/mol. The standard InChI is InChI=1S/C33H41FN6O5/c1-21-27(29(31(41)42)45-32(2,3)4)30-38-13-11-33(5,12-14-38)44-16-7-6-15-43-28-23(9-8-10-24(28)34)17-22-19-35-39(20-22)26-18-25(36-21)40(30)37-26/h8-10,18-20,29H,6-7,11-17H2,1-5H3,(H,41,42)/t29-/m0/s1. The van der Waals surface area contributed by atoms with Gasteiger partial charge in [-0.3, -0.25) is 0 Å². The van der Waals surface area contributed by atoms with Gasteiger partial charge in [-0.25, -0.2) is 18.9 Å². The number of hydrogen-bond donors (Lipinski definition) is 1. The third-order valence-corrected chi connectivity index (χ3v) is 8.42. The Morgan fingerprint density at radius 3 is 2.67 bits per heavy atom. The van der Waals surface area contributed by atoms with E-state index < -0.39 is 23.5 Å². The number of piperidine rings is 1. The molecule has 1 aromatic carbocycles. The molecule has 1 fully saturated rings. The molecule has 12 heteroatoms. The molecule has 0 radical (unpaired) electrons. The van der Waals surface area contributed by atoms with Gasteiger partial charge >= 0.3 is 5.97 Å². The van der Waals surface area contributed by atoms with Gasteiger partial charge in [0.1, 0.15) is 5.82 Å². The Hall–Kier alpha value is -4.03. The predicted octanol–water partition coefficient (Wildman–Crippen LogP) is 5.44. The minimum absolute atomic E-state index is 0.259. The molecule has 240 valence electrons. The van der Waals surface area contributed by atoms with Crippen molar-refractivity contribution in [1.29, 1.82) is 0 Å². The Labute approximate surface area is 261 Å². The van der Waals surface area contributed by atoms with Crippen LogP contribution in [0.4, 0.5) is 10.2 Å². The van der Waals surface area contributed by atoms with Crippen LogP contribution in [-0.2, 0) is 20.7 Å². The number of anilines is 1. The highest BCUT2D eigenvalue weighted by molar-refractivity contribution is 5.78. The van der Waals surface area contributed by atoms with Crippen LogP contribution in [0.1, 0.15) is 81.9 Å². The molecule has 1 saturated heterocycles. The molecular weight excluding hydrogens is 579 g/mol. The Morgan fingerprint density at radius 2 is 1.93 bits per heavy atom. The van der Waals surface area contributed by atoms with Crippen LogP contribution in [-0.4, -0.2) is 73.0 Å². The topological polar surface area (TPSA) is 116 Å². The van der Waals surface area contributed by atoms with E-state index in [2.05, 4.69) is 16.9 Å². The Balaban J connectivity index is 1.48. The molecule has 0 saturated carbocycles. The number of nitrogens with zero attached hydrogens (tertiary/aromatic N) is 6. The summed E-state index contributed by atoms with van der Waals surface area (Å²) in [6, 6.07) is 6.78. The summed E-state index contributed by atoms with van der Waals surface area (Å²) >= 11 is 0. The number of para-hydroxylation sites is 1. The van der Waals surface area contributed by atoms with Gasteiger partial charge in [0.15, 0.2) is 29.1 Å². The molecule has 3 aromatic heterocycles. The number of benzene rings is 1. The van der Waals surface area contributed by atoms with Crippen molar-refractivity contribution in [2.45, 2.75) is 84.0 Å². The lowest BCUT2D eigenvalue weighted by molar-refractivity contribution is -0.160. The van der Waals surface area contributed by atoms with E-state index in [1.807, 2.05) is 46.0 Å². The van der Waals surface area contributed by atoms with Crippen molar-refractivity contribution in [3.63, 3.8) is 0 Å². The number of rotatable bonds is 3. The van der Waals surface area contributed by atoms with Gasteiger partial charge in [-0.1, -0.05) is 12.1 Å². The molecule has 6 bridgehead atoms. The monoisotopic (exact) mass is 620 g/mol. The second kappa shape index (κ2) is 12.1. The summed E-state index contributed by atoms with van der Waals surface area (Å²) < 4.78 is 36.7. The Bertz CT molecular complexity index is 1700. The van der Waals surface area contributed by atoms with Gasteiger partial charge in [0.25, 0.3) is 0 Å². The molecule has 0 unspecified atom stereocenters. The van der Waals surface area contributed by atoms with Gasteiger partial charge in [-0.05, 0) is 71.9 Å². The molecule has 11 nitrogen and oxygen atoms in total.